The van der Waals surface area contributed by atoms with Crippen LogP contribution in [-0.4, -0.2) is 32.7 Å². The van der Waals surface area contributed by atoms with E-state index in [1.165, 1.54) is 26.2 Å². The van der Waals surface area contributed by atoms with Crippen LogP contribution >= 0.6 is 0 Å². The molecule has 1 heterocycles. The number of carbonyl (C=O) groups excluding carboxylic acids is 1. The highest BCUT2D eigenvalue weighted by molar-refractivity contribution is 7.89. The molecule has 0 saturated carbocycles. The lowest BCUT2D eigenvalue weighted by atomic mass is 10.3. The van der Waals surface area contributed by atoms with E-state index in [0.717, 1.165) is 4.31 Å². The standard InChI is InChI=1S/C15H18N2O4S/c1-4-12-8-9-14(21-12)15(18)16-11-6-5-7-13(10-11)22(19,20)17(2)3/h5-10H,4H2,1-3H3,(H,16,18). The van der Waals surface area contributed by atoms with Gasteiger partial charge in [-0.1, -0.05) is 13.0 Å². The van der Waals surface area contributed by atoms with Crippen molar-refractivity contribution in [3.8, 4) is 0 Å². The van der Waals surface area contributed by atoms with Gasteiger partial charge in [-0.15, -0.1) is 0 Å². The number of benzene rings is 1. The van der Waals surface area contributed by atoms with E-state index >= 15 is 0 Å². The fourth-order valence-electron chi connectivity index (χ4n) is 1.83. The second kappa shape index (κ2) is 6.33. The molecule has 22 heavy (non-hydrogen) atoms. The van der Waals surface area contributed by atoms with Gasteiger partial charge in [0, 0.05) is 26.2 Å². The number of amides is 1. The topological polar surface area (TPSA) is 79.6 Å². The maximum absolute atomic E-state index is 12.1. The van der Waals surface area contributed by atoms with E-state index in [1.54, 1.807) is 24.3 Å². The molecular formula is C15H18N2O4S. The van der Waals surface area contributed by atoms with Crippen molar-refractivity contribution in [2.45, 2.75) is 18.2 Å². The first kappa shape index (κ1) is 16.3. The van der Waals surface area contributed by atoms with Crippen LogP contribution in [0.4, 0.5) is 5.69 Å². The average molecular weight is 322 g/mol. The van der Waals surface area contributed by atoms with Crippen molar-refractivity contribution in [2.75, 3.05) is 19.4 Å². The van der Waals surface area contributed by atoms with Gasteiger partial charge in [-0.05, 0) is 30.3 Å². The highest BCUT2D eigenvalue weighted by atomic mass is 32.2. The Morgan fingerprint density at radius 1 is 1.23 bits per heavy atom. The molecule has 7 heteroatoms. The molecule has 1 aromatic carbocycles. The van der Waals surface area contributed by atoms with Gasteiger partial charge in [-0.3, -0.25) is 4.79 Å². The van der Waals surface area contributed by atoms with E-state index in [-0.39, 0.29) is 10.7 Å². The summed E-state index contributed by atoms with van der Waals surface area (Å²) in [4.78, 5) is 12.2. The maximum Gasteiger partial charge on any atom is 0.291 e. The van der Waals surface area contributed by atoms with Crippen LogP contribution in [0.15, 0.2) is 45.7 Å². The number of aryl methyl sites for hydroxylation is 1. The zero-order chi connectivity index (χ0) is 16.3. The van der Waals surface area contributed by atoms with Crippen molar-refractivity contribution in [1.82, 2.24) is 4.31 Å². The van der Waals surface area contributed by atoms with E-state index < -0.39 is 15.9 Å². The third kappa shape index (κ3) is 3.37. The normalized spacial score (nSPS) is 11.6. The molecule has 0 bridgehead atoms. The Kier molecular flexibility index (Phi) is 4.68. The van der Waals surface area contributed by atoms with Gasteiger partial charge in [0.15, 0.2) is 5.76 Å². The molecule has 6 nitrogen and oxygen atoms in total. The lowest BCUT2D eigenvalue weighted by Gasteiger charge is -2.12. The maximum atomic E-state index is 12.1. The Morgan fingerprint density at radius 2 is 1.95 bits per heavy atom. The first-order chi connectivity index (χ1) is 10.3. The van der Waals surface area contributed by atoms with E-state index in [0.29, 0.717) is 17.9 Å². The molecule has 1 aromatic heterocycles. The van der Waals surface area contributed by atoms with Gasteiger partial charge in [-0.2, -0.15) is 0 Å². The second-order valence-electron chi connectivity index (χ2n) is 4.89. The number of sulfonamides is 1. The highest BCUT2D eigenvalue weighted by Crippen LogP contribution is 2.19. The van der Waals surface area contributed by atoms with E-state index in [2.05, 4.69) is 5.32 Å². The molecule has 2 rings (SSSR count). The predicted molar refractivity (Wildman–Crippen MR) is 83.4 cm³/mol. The average Bonchev–Trinajstić information content (AvgIpc) is 2.96. The number of nitrogens with one attached hydrogen (secondary N) is 1. The smallest absolute Gasteiger partial charge is 0.291 e. The van der Waals surface area contributed by atoms with Crippen molar-refractivity contribution in [3.63, 3.8) is 0 Å². The summed E-state index contributed by atoms with van der Waals surface area (Å²) in [6.45, 7) is 1.93. The molecule has 0 spiro atoms. The number of hydrogen-bond acceptors (Lipinski definition) is 4. The number of hydrogen-bond donors (Lipinski definition) is 1. The molecule has 0 fully saturated rings. The van der Waals surface area contributed by atoms with Gasteiger partial charge in [-0.25, -0.2) is 12.7 Å². The molecule has 1 N–H and O–H groups in total. The number of furan rings is 1. The number of nitrogens with zero attached hydrogens (tertiary/aromatic N) is 1. The molecule has 118 valence electrons. The van der Waals surface area contributed by atoms with Crippen LogP contribution in [0.3, 0.4) is 0 Å². The number of carbonyl (C=O) groups is 1. The molecule has 0 aliphatic carbocycles. The van der Waals surface area contributed by atoms with Crippen molar-refractivity contribution < 1.29 is 17.6 Å². The summed E-state index contributed by atoms with van der Waals surface area (Å²) in [5.41, 5.74) is 0.391. The van der Waals surface area contributed by atoms with Crippen LogP contribution in [-0.2, 0) is 16.4 Å². The number of rotatable bonds is 5. The first-order valence-corrected chi connectivity index (χ1v) is 8.21. The Labute approximate surface area is 129 Å². The first-order valence-electron chi connectivity index (χ1n) is 6.77. The van der Waals surface area contributed by atoms with Crippen molar-refractivity contribution in [1.29, 1.82) is 0 Å². The SMILES string of the molecule is CCc1ccc(C(=O)Nc2cccc(S(=O)(=O)N(C)C)c2)o1. The van der Waals surface area contributed by atoms with Crippen molar-refractivity contribution in [2.24, 2.45) is 0 Å². The van der Waals surface area contributed by atoms with E-state index in [1.807, 2.05) is 6.92 Å². The Balaban J connectivity index is 2.22. The van der Waals surface area contributed by atoms with Crippen LogP contribution in [0.2, 0.25) is 0 Å². The van der Waals surface area contributed by atoms with Crippen molar-refractivity contribution in [3.05, 3.63) is 47.9 Å². The van der Waals surface area contributed by atoms with Gasteiger partial charge in [0.05, 0.1) is 4.90 Å². The van der Waals surface area contributed by atoms with Crippen LogP contribution in [0, 0.1) is 0 Å². The van der Waals surface area contributed by atoms with Gasteiger partial charge < -0.3 is 9.73 Å². The predicted octanol–water partition coefficient (Wildman–Crippen LogP) is 2.34. The summed E-state index contributed by atoms with van der Waals surface area (Å²) in [7, 11) is -0.633. The van der Waals surface area contributed by atoms with Crippen molar-refractivity contribution >= 4 is 21.6 Å². The quantitative estimate of drug-likeness (QED) is 0.916. The van der Waals surface area contributed by atoms with Gasteiger partial charge in [0.1, 0.15) is 5.76 Å². The van der Waals surface area contributed by atoms with Gasteiger partial charge >= 0.3 is 0 Å². The van der Waals surface area contributed by atoms with E-state index in [4.69, 9.17) is 4.42 Å². The third-order valence-corrected chi connectivity index (χ3v) is 4.92. The molecule has 0 saturated heterocycles. The summed E-state index contributed by atoms with van der Waals surface area (Å²) < 4.78 is 30.6. The minimum absolute atomic E-state index is 0.115. The summed E-state index contributed by atoms with van der Waals surface area (Å²) in [6.07, 6.45) is 0.698. The molecule has 0 atom stereocenters. The third-order valence-electron chi connectivity index (χ3n) is 3.10. The second-order valence-corrected chi connectivity index (χ2v) is 7.04. The molecule has 0 aliphatic heterocycles. The summed E-state index contributed by atoms with van der Waals surface area (Å²) in [6, 6.07) is 9.42. The minimum atomic E-state index is -3.54. The summed E-state index contributed by atoms with van der Waals surface area (Å²) >= 11 is 0. The molecule has 0 aliphatic rings. The zero-order valence-corrected chi connectivity index (χ0v) is 13.5. The molecule has 0 unspecified atom stereocenters. The Morgan fingerprint density at radius 3 is 2.55 bits per heavy atom. The molecule has 1 amide bonds. The lowest BCUT2D eigenvalue weighted by Crippen LogP contribution is -2.22. The lowest BCUT2D eigenvalue weighted by molar-refractivity contribution is 0.0995. The fraction of sp³-hybridized carbons (Fsp3) is 0.267. The van der Waals surface area contributed by atoms with Gasteiger partial charge in [0.25, 0.3) is 5.91 Å². The summed E-state index contributed by atoms with van der Waals surface area (Å²) in [5, 5.41) is 2.63. The largest absolute Gasteiger partial charge is 0.456 e. The monoisotopic (exact) mass is 322 g/mol. The Hall–Kier alpha value is -2.12. The van der Waals surface area contributed by atoms with Gasteiger partial charge in [0.2, 0.25) is 10.0 Å². The van der Waals surface area contributed by atoms with Crippen LogP contribution in [0.1, 0.15) is 23.2 Å². The highest BCUT2D eigenvalue weighted by Gasteiger charge is 2.18. The fourth-order valence-corrected chi connectivity index (χ4v) is 2.78. The Bertz CT molecular complexity index is 778. The zero-order valence-electron chi connectivity index (χ0n) is 12.7. The minimum Gasteiger partial charge on any atom is -0.456 e. The van der Waals surface area contributed by atoms with E-state index in [9.17, 15) is 13.2 Å². The van der Waals surface area contributed by atoms with Crippen LogP contribution in [0.5, 0.6) is 0 Å². The molecule has 2 aromatic rings. The van der Waals surface area contributed by atoms with Crippen LogP contribution in [0.25, 0.3) is 0 Å². The van der Waals surface area contributed by atoms with Crippen LogP contribution < -0.4 is 5.32 Å². The molecular weight excluding hydrogens is 304 g/mol. The summed E-state index contributed by atoms with van der Waals surface area (Å²) in [5.74, 6) is 0.492. The number of anilines is 1. The molecule has 0 radical (unpaired) electrons.